The maximum absolute atomic E-state index is 12.4. The van der Waals surface area contributed by atoms with Crippen LogP contribution in [0.3, 0.4) is 0 Å². The van der Waals surface area contributed by atoms with E-state index in [1.165, 1.54) is 12.0 Å². The minimum absolute atomic E-state index is 0.304. The number of hydrogen-bond donors (Lipinski definition) is 1. The van der Waals surface area contributed by atoms with Gasteiger partial charge < -0.3 is 10.2 Å². The predicted octanol–water partition coefficient (Wildman–Crippen LogP) is 1.50. The van der Waals surface area contributed by atoms with Crippen molar-refractivity contribution in [2.75, 3.05) is 19.6 Å². The highest BCUT2D eigenvalue weighted by Gasteiger charge is 2.27. The molecule has 0 aromatic carbocycles. The van der Waals surface area contributed by atoms with Crippen molar-refractivity contribution in [1.29, 1.82) is 0 Å². The number of rotatable bonds is 3. The van der Waals surface area contributed by atoms with Crippen molar-refractivity contribution in [1.82, 2.24) is 20.0 Å². The molecule has 5 nitrogen and oxygen atoms in total. The summed E-state index contributed by atoms with van der Waals surface area (Å²) in [6, 6.07) is 0.743. The first kappa shape index (κ1) is 13.6. The number of amides is 1. The number of nitrogens with one attached hydrogen (secondary N) is 1. The van der Waals surface area contributed by atoms with Crippen molar-refractivity contribution in [3.8, 4) is 0 Å². The second-order valence-electron chi connectivity index (χ2n) is 6.13. The highest BCUT2D eigenvalue weighted by atomic mass is 16.2. The van der Waals surface area contributed by atoms with Crippen LogP contribution in [0, 0.1) is 6.92 Å². The first-order valence-corrected chi connectivity index (χ1v) is 7.74. The number of nitrogens with zero attached hydrogens (tertiary/aromatic N) is 3. The zero-order chi connectivity index (χ0) is 13.9. The molecule has 3 heterocycles. The third-order valence-corrected chi connectivity index (χ3v) is 4.44. The molecular weight excluding hydrogens is 252 g/mol. The Morgan fingerprint density at radius 2 is 2.35 bits per heavy atom. The normalized spacial score (nSPS) is 26.9. The maximum atomic E-state index is 12.4. The molecule has 20 heavy (non-hydrogen) atoms. The summed E-state index contributed by atoms with van der Waals surface area (Å²) in [7, 11) is 0. The second kappa shape index (κ2) is 5.95. The third kappa shape index (κ3) is 3.03. The lowest BCUT2D eigenvalue weighted by atomic mass is 10.0. The van der Waals surface area contributed by atoms with E-state index in [0.717, 1.165) is 38.9 Å². The zero-order valence-electron chi connectivity index (χ0n) is 12.2. The van der Waals surface area contributed by atoms with E-state index >= 15 is 0 Å². The van der Waals surface area contributed by atoms with E-state index in [0.29, 0.717) is 24.4 Å². The Bertz CT molecular complexity index is 464. The Labute approximate surface area is 120 Å². The fourth-order valence-electron chi connectivity index (χ4n) is 3.30. The van der Waals surface area contributed by atoms with Gasteiger partial charge in [-0.25, -0.2) is 0 Å². The van der Waals surface area contributed by atoms with Crippen molar-refractivity contribution in [2.24, 2.45) is 0 Å². The highest BCUT2D eigenvalue weighted by Crippen LogP contribution is 2.22. The molecule has 110 valence electrons. The van der Waals surface area contributed by atoms with Gasteiger partial charge in [0.05, 0.1) is 12.2 Å². The van der Waals surface area contributed by atoms with E-state index in [4.69, 9.17) is 0 Å². The molecule has 3 rings (SSSR count). The Morgan fingerprint density at radius 1 is 1.45 bits per heavy atom. The van der Waals surface area contributed by atoms with E-state index < -0.39 is 0 Å². The van der Waals surface area contributed by atoms with Gasteiger partial charge in [-0.15, -0.1) is 0 Å². The van der Waals surface area contributed by atoms with Crippen molar-refractivity contribution in [2.45, 2.75) is 51.1 Å². The fourth-order valence-corrected chi connectivity index (χ4v) is 3.30. The lowest BCUT2D eigenvalue weighted by Gasteiger charge is -2.33. The van der Waals surface area contributed by atoms with Crippen LogP contribution >= 0.6 is 0 Å². The zero-order valence-corrected chi connectivity index (χ0v) is 12.2. The van der Waals surface area contributed by atoms with E-state index in [2.05, 4.69) is 23.5 Å². The summed E-state index contributed by atoms with van der Waals surface area (Å²) in [6.45, 7) is 4.84. The van der Waals surface area contributed by atoms with Crippen LogP contribution in [0.2, 0.25) is 0 Å². The minimum Gasteiger partial charge on any atom is -0.341 e. The lowest BCUT2D eigenvalue weighted by molar-refractivity contribution is -0.133. The summed E-state index contributed by atoms with van der Waals surface area (Å²) in [6.07, 6.45) is 9.17. The quantitative estimate of drug-likeness (QED) is 0.910. The fraction of sp³-hybridized carbons (Fsp3) is 0.733. The molecule has 1 aromatic rings. The van der Waals surface area contributed by atoms with Crippen molar-refractivity contribution in [3.63, 3.8) is 0 Å². The van der Waals surface area contributed by atoms with Crippen LogP contribution in [0.5, 0.6) is 0 Å². The first-order valence-electron chi connectivity index (χ1n) is 7.74. The van der Waals surface area contributed by atoms with Gasteiger partial charge in [-0.05, 0) is 44.7 Å². The minimum atomic E-state index is 0.304. The molecule has 2 fully saturated rings. The number of carbonyl (C=O) groups excluding carboxylic acids is 1. The van der Waals surface area contributed by atoms with Gasteiger partial charge in [0.15, 0.2) is 0 Å². The molecule has 0 spiro atoms. The summed E-state index contributed by atoms with van der Waals surface area (Å²) in [5.41, 5.74) is 1.18. The van der Waals surface area contributed by atoms with Crippen molar-refractivity contribution < 1.29 is 4.79 Å². The van der Waals surface area contributed by atoms with Gasteiger partial charge in [0.2, 0.25) is 5.91 Å². The maximum Gasteiger partial charge on any atom is 0.224 e. The van der Waals surface area contributed by atoms with Gasteiger partial charge in [-0.1, -0.05) is 0 Å². The number of aryl methyl sites for hydroxylation is 1. The van der Waals surface area contributed by atoms with Gasteiger partial charge >= 0.3 is 0 Å². The summed E-state index contributed by atoms with van der Waals surface area (Å²) < 4.78 is 2.03. The summed E-state index contributed by atoms with van der Waals surface area (Å²) >= 11 is 0. The molecule has 2 saturated heterocycles. The van der Waals surface area contributed by atoms with E-state index in [-0.39, 0.29) is 0 Å². The predicted molar refractivity (Wildman–Crippen MR) is 77.5 cm³/mol. The molecule has 0 saturated carbocycles. The van der Waals surface area contributed by atoms with E-state index in [1.54, 1.807) is 0 Å². The van der Waals surface area contributed by atoms with Crippen LogP contribution in [-0.2, 0) is 4.79 Å². The molecule has 0 aliphatic carbocycles. The molecule has 0 radical (unpaired) electrons. The van der Waals surface area contributed by atoms with Crippen molar-refractivity contribution >= 4 is 5.91 Å². The monoisotopic (exact) mass is 276 g/mol. The van der Waals surface area contributed by atoms with E-state index in [1.807, 2.05) is 15.8 Å². The molecule has 2 unspecified atom stereocenters. The Morgan fingerprint density at radius 3 is 3.05 bits per heavy atom. The topological polar surface area (TPSA) is 50.2 Å². The number of hydrogen-bond acceptors (Lipinski definition) is 3. The Hall–Kier alpha value is -1.36. The van der Waals surface area contributed by atoms with Gasteiger partial charge in [-0.3, -0.25) is 9.48 Å². The molecule has 2 aliphatic rings. The van der Waals surface area contributed by atoms with E-state index in [9.17, 15) is 4.79 Å². The molecule has 2 aliphatic heterocycles. The summed E-state index contributed by atoms with van der Waals surface area (Å²) in [5.74, 6) is 0.304. The number of aromatic nitrogens is 2. The van der Waals surface area contributed by atoms with Crippen molar-refractivity contribution in [3.05, 3.63) is 18.0 Å². The van der Waals surface area contributed by atoms with Crippen LogP contribution in [0.25, 0.3) is 0 Å². The Kier molecular flexibility index (Phi) is 4.05. The van der Waals surface area contributed by atoms with Crippen LogP contribution in [0.15, 0.2) is 12.4 Å². The van der Waals surface area contributed by atoms with Crippen LogP contribution < -0.4 is 5.32 Å². The smallest absolute Gasteiger partial charge is 0.224 e. The summed E-state index contributed by atoms with van der Waals surface area (Å²) in [5, 5.41) is 7.81. The average Bonchev–Trinajstić information content (AvgIpc) is 3.10. The molecule has 1 amide bonds. The average molecular weight is 276 g/mol. The van der Waals surface area contributed by atoms with Gasteiger partial charge in [0, 0.05) is 31.7 Å². The molecule has 1 N–H and O–H groups in total. The molecular formula is C15H24N4O. The largest absolute Gasteiger partial charge is 0.341 e. The lowest BCUT2D eigenvalue weighted by Crippen LogP contribution is -2.42. The molecule has 0 bridgehead atoms. The highest BCUT2D eigenvalue weighted by molar-refractivity contribution is 5.77. The van der Waals surface area contributed by atoms with Crippen LogP contribution in [-0.4, -0.2) is 46.3 Å². The third-order valence-electron chi connectivity index (χ3n) is 4.44. The van der Waals surface area contributed by atoms with Gasteiger partial charge in [0.1, 0.15) is 0 Å². The SMILES string of the molecule is Cc1cnn(C2CCCN(C(=O)CC3CCCN3)C2)c1. The second-order valence-corrected chi connectivity index (χ2v) is 6.13. The van der Waals surface area contributed by atoms with Crippen LogP contribution in [0.1, 0.15) is 43.7 Å². The van der Waals surface area contributed by atoms with Gasteiger partial charge in [-0.2, -0.15) is 5.10 Å². The molecule has 5 heteroatoms. The Balaban J connectivity index is 1.58. The standard InChI is InChI=1S/C15H24N4O/c1-12-9-17-19(10-12)14-5-3-7-18(11-14)15(20)8-13-4-2-6-16-13/h9-10,13-14,16H,2-8,11H2,1H3. The van der Waals surface area contributed by atoms with Crippen LogP contribution in [0.4, 0.5) is 0 Å². The molecule has 2 atom stereocenters. The number of likely N-dealkylation sites (tertiary alicyclic amines) is 1. The number of carbonyl (C=O) groups is 1. The molecule has 1 aromatic heterocycles. The number of piperidine rings is 1. The van der Waals surface area contributed by atoms with Gasteiger partial charge in [0.25, 0.3) is 0 Å². The summed E-state index contributed by atoms with van der Waals surface area (Å²) in [4.78, 5) is 14.4. The first-order chi connectivity index (χ1) is 9.72.